The van der Waals surface area contributed by atoms with Crippen LogP contribution in [0.1, 0.15) is 32.5 Å². The Hall–Kier alpha value is -1.09. The molecule has 0 aliphatic carbocycles. The van der Waals surface area contributed by atoms with Gasteiger partial charge in [0, 0.05) is 5.54 Å². The Morgan fingerprint density at radius 1 is 1.47 bits per heavy atom. The smallest absolute Gasteiger partial charge is 0.143 e. The van der Waals surface area contributed by atoms with Crippen LogP contribution in [0.3, 0.4) is 0 Å². The first-order chi connectivity index (χ1) is 6.95. The van der Waals surface area contributed by atoms with Crippen LogP contribution >= 0.6 is 0 Å². The zero-order valence-electron chi connectivity index (χ0n) is 9.46. The van der Waals surface area contributed by atoms with Gasteiger partial charge in [-0.25, -0.2) is 4.39 Å². The van der Waals surface area contributed by atoms with Crippen LogP contribution in [0.5, 0.6) is 5.75 Å². The highest BCUT2D eigenvalue weighted by atomic mass is 19.1. The van der Waals surface area contributed by atoms with E-state index in [1.807, 2.05) is 13.0 Å². The van der Waals surface area contributed by atoms with Crippen molar-refractivity contribution in [1.29, 1.82) is 0 Å². The summed E-state index contributed by atoms with van der Waals surface area (Å²) in [5, 5.41) is 0. The quantitative estimate of drug-likeness (QED) is 0.831. The molecule has 1 rings (SSSR count). The van der Waals surface area contributed by atoms with Crippen LogP contribution in [-0.4, -0.2) is 12.1 Å². The first-order valence-electron chi connectivity index (χ1n) is 5.11. The second-order valence-electron chi connectivity index (χ2n) is 4.19. The Bertz CT molecular complexity index is 320. The van der Waals surface area contributed by atoms with Gasteiger partial charge >= 0.3 is 0 Å². The van der Waals surface area contributed by atoms with E-state index in [0.29, 0.717) is 17.9 Å². The number of halogens is 1. The summed E-state index contributed by atoms with van der Waals surface area (Å²) in [6.07, 6.45) is -1.18. The lowest BCUT2D eigenvalue weighted by molar-refractivity contribution is 0.222. The minimum atomic E-state index is -1.18. The Kier molecular flexibility index (Phi) is 3.69. The van der Waals surface area contributed by atoms with Crippen molar-refractivity contribution in [2.24, 2.45) is 5.73 Å². The SMILES string of the molecule is CCOc1cccc(C(F)C(C)(C)N)c1. The van der Waals surface area contributed by atoms with Gasteiger partial charge in [-0.1, -0.05) is 12.1 Å². The van der Waals surface area contributed by atoms with Gasteiger partial charge in [-0.2, -0.15) is 0 Å². The molecule has 15 heavy (non-hydrogen) atoms. The number of rotatable bonds is 4. The highest BCUT2D eigenvalue weighted by Gasteiger charge is 2.26. The van der Waals surface area contributed by atoms with Crippen LogP contribution in [0, 0.1) is 0 Å². The van der Waals surface area contributed by atoms with E-state index in [9.17, 15) is 4.39 Å². The second-order valence-corrected chi connectivity index (χ2v) is 4.19. The number of ether oxygens (including phenoxy) is 1. The largest absolute Gasteiger partial charge is 0.494 e. The summed E-state index contributed by atoms with van der Waals surface area (Å²) in [6.45, 7) is 5.81. The van der Waals surface area contributed by atoms with Gasteiger partial charge in [0.25, 0.3) is 0 Å². The molecule has 0 aromatic heterocycles. The molecule has 0 spiro atoms. The molecule has 0 radical (unpaired) electrons. The summed E-state index contributed by atoms with van der Waals surface area (Å²) in [5.41, 5.74) is 5.41. The molecule has 0 amide bonds. The Balaban J connectivity index is 2.90. The predicted molar refractivity (Wildman–Crippen MR) is 59.7 cm³/mol. The maximum Gasteiger partial charge on any atom is 0.143 e. The van der Waals surface area contributed by atoms with E-state index in [4.69, 9.17) is 10.5 Å². The van der Waals surface area contributed by atoms with Crippen molar-refractivity contribution in [1.82, 2.24) is 0 Å². The van der Waals surface area contributed by atoms with E-state index in [1.165, 1.54) is 0 Å². The van der Waals surface area contributed by atoms with E-state index in [2.05, 4.69) is 0 Å². The highest BCUT2D eigenvalue weighted by Crippen LogP contribution is 2.29. The van der Waals surface area contributed by atoms with Gasteiger partial charge in [-0.3, -0.25) is 0 Å². The fraction of sp³-hybridized carbons (Fsp3) is 0.500. The van der Waals surface area contributed by atoms with Gasteiger partial charge in [-0.15, -0.1) is 0 Å². The third-order valence-electron chi connectivity index (χ3n) is 2.11. The zero-order valence-corrected chi connectivity index (χ0v) is 9.46. The monoisotopic (exact) mass is 211 g/mol. The third-order valence-corrected chi connectivity index (χ3v) is 2.11. The first-order valence-corrected chi connectivity index (χ1v) is 5.11. The fourth-order valence-electron chi connectivity index (χ4n) is 1.36. The summed E-state index contributed by atoms with van der Waals surface area (Å²) in [4.78, 5) is 0. The van der Waals surface area contributed by atoms with Gasteiger partial charge in [0.15, 0.2) is 0 Å². The normalized spacial score (nSPS) is 13.7. The van der Waals surface area contributed by atoms with Crippen LogP contribution in [0.4, 0.5) is 4.39 Å². The highest BCUT2D eigenvalue weighted by molar-refractivity contribution is 5.31. The van der Waals surface area contributed by atoms with Crippen LogP contribution in [0.15, 0.2) is 24.3 Å². The Morgan fingerprint density at radius 3 is 2.67 bits per heavy atom. The van der Waals surface area contributed by atoms with Crippen LogP contribution in [0.25, 0.3) is 0 Å². The van der Waals surface area contributed by atoms with Gasteiger partial charge in [0.05, 0.1) is 6.61 Å². The number of nitrogens with two attached hydrogens (primary N) is 1. The van der Waals surface area contributed by atoms with Crippen LogP contribution < -0.4 is 10.5 Å². The van der Waals surface area contributed by atoms with E-state index < -0.39 is 11.7 Å². The molecule has 1 aromatic rings. The average Bonchev–Trinajstić information content (AvgIpc) is 2.16. The maximum absolute atomic E-state index is 13.9. The van der Waals surface area contributed by atoms with Crippen molar-refractivity contribution in [3.05, 3.63) is 29.8 Å². The van der Waals surface area contributed by atoms with Gasteiger partial charge in [0.2, 0.25) is 0 Å². The van der Waals surface area contributed by atoms with Crippen LogP contribution in [-0.2, 0) is 0 Å². The molecule has 2 N–H and O–H groups in total. The summed E-state index contributed by atoms with van der Waals surface area (Å²) in [5.74, 6) is 0.682. The van der Waals surface area contributed by atoms with Crippen molar-refractivity contribution < 1.29 is 9.13 Å². The molecule has 1 aromatic carbocycles. The van der Waals surface area contributed by atoms with Gasteiger partial charge in [0.1, 0.15) is 11.9 Å². The van der Waals surface area contributed by atoms with E-state index in [1.54, 1.807) is 32.0 Å². The van der Waals surface area contributed by atoms with E-state index in [-0.39, 0.29) is 0 Å². The predicted octanol–water partition coefficient (Wildman–Crippen LogP) is 2.83. The maximum atomic E-state index is 13.9. The van der Waals surface area contributed by atoms with Crippen molar-refractivity contribution >= 4 is 0 Å². The number of hydrogen-bond acceptors (Lipinski definition) is 2. The lowest BCUT2D eigenvalue weighted by atomic mass is 9.94. The number of hydrogen-bond donors (Lipinski definition) is 1. The van der Waals surface area contributed by atoms with Gasteiger partial charge in [-0.05, 0) is 38.5 Å². The molecule has 0 bridgehead atoms. The number of benzene rings is 1. The Labute approximate surface area is 90.2 Å². The lowest BCUT2D eigenvalue weighted by Crippen LogP contribution is -2.37. The standard InChI is InChI=1S/C12H18FNO/c1-4-15-10-7-5-6-9(8-10)11(13)12(2,3)14/h5-8,11H,4,14H2,1-3H3. The first kappa shape index (κ1) is 12.0. The molecule has 0 fully saturated rings. The zero-order chi connectivity index (χ0) is 11.5. The molecule has 2 nitrogen and oxygen atoms in total. The summed E-state index contributed by atoms with van der Waals surface area (Å²) >= 11 is 0. The molecular weight excluding hydrogens is 193 g/mol. The molecular formula is C12H18FNO. The summed E-state index contributed by atoms with van der Waals surface area (Å²) in [7, 11) is 0. The lowest BCUT2D eigenvalue weighted by Gasteiger charge is -2.24. The molecule has 1 atom stereocenters. The molecule has 0 heterocycles. The minimum absolute atomic E-state index is 0.563. The molecule has 0 saturated heterocycles. The minimum Gasteiger partial charge on any atom is -0.494 e. The van der Waals surface area contributed by atoms with Crippen molar-refractivity contribution in [3.8, 4) is 5.75 Å². The Morgan fingerprint density at radius 2 is 2.13 bits per heavy atom. The van der Waals surface area contributed by atoms with E-state index in [0.717, 1.165) is 0 Å². The van der Waals surface area contributed by atoms with Gasteiger partial charge < -0.3 is 10.5 Å². The van der Waals surface area contributed by atoms with E-state index >= 15 is 0 Å². The summed E-state index contributed by atoms with van der Waals surface area (Å²) in [6, 6.07) is 7.01. The topological polar surface area (TPSA) is 35.2 Å². The fourth-order valence-corrected chi connectivity index (χ4v) is 1.36. The summed E-state index contributed by atoms with van der Waals surface area (Å²) < 4.78 is 19.2. The van der Waals surface area contributed by atoms with Crippen molar-refractivity contribution in [2.75, 3.05) is 6.61 Å². The third kappa shape index (κ3) is 3.20. The number of alkyl halides is 1. The van der Waals surface area contributed by atoms with Crippen molar-refractivity contribution in [2.45, 2.75) is 32.5 Å². The molecule has 0 aliphatic rings. The molecule has 84 valence electrons. The molecule has 1 unspecified atom stereocenters. The second kappa shape index (κ2) is 4.62. The molecule has 3 heteroatoms. The average molecular weight is 211 g/mol. The van der Waals surface area contributed by atoms with Crippen LogP contribution in [0.2, 0.25) is 0 Å². The van der Waals surface area contributed by atoms with Crippen molar-refractivity contribution in [3.63, 3.8) is 0 Å². The molecule has 0 aliphatic heterocycles. The molecule has 0 saturated carbocycles.